The molecule has 0 bridgehead atoms. The van der Waals surface area contributed by atoms with Crippen molar-refractivity contribution < 1.29 is 0 Å². The zero-order chi connectivity index (χ0) is 40.5. The van der Waals surface area contributed by atoms with Gasteiger partial charge >= 0.3 is 0 Å². The van der Waals surface area contributed by atoms with Gasteiger partial charge in [-0.05, 0) is 79.8 Å². The number of aromatic nitrogens is 5. The van der Waals surface area contributed by atoms with Crippen molar-refractivity contribution >= 4 is 75.9 Å². The van der Waals surface area contributed by atoms with Gasteiger partial charge in [-0.2, -0.15) is 9.97 Å². The molecule has 0 atom stereocenters. The fourth-order valence-corrected chi connectivity index (χ4v) is 10.4. The first-order valence-corrected chi connectivity index (χ1v) is 21.1. The van der Waals surface area contributed by atoms with Gasteiger partial charge < -0.3 is 4.57 Å². The third-order valence-corrected chi connectivity index (χ3v) is 13.1. The molecule has 0 radical (unpaired) electrons. The SMILES string of the molecule is c1ccc2c(c1)-c1ccccc1-n1c3ccccc3c3cc4c(c-2c31)c1ccccc1n4-c1nc(-c2ccc3ccccc3c2)nc(-c2cc3ccccc3c3ccccc23)n1. The number of benzene rings is 10. The molecule has 1 aliphatic heterocycles. The van der Waals surface area contributed by atoms with Crippen LogP contribution in [0.2, 0.25) is 0 Å². The van der Waals surface area contributed by atoms with E-state index in [0.717, 1.165) is 43.7 Å². The van der Waals surface area contributed by atoms with Gasteiger partial charge in [-0.25, -0.2) is 4.98 Å². The number of fused-ring (bicyclic) bond motifs is 16. The normalized spacial score (nSPS) is 12.2. The van der Waals surface area contributed by atoms with Crippen LogP contribution in [0.1, 0.15) is 0 Å². The van der Waals surface area contributed by atoms with Crippen molar-refractivity contribution in [2.45, 2.75) is 0 Å². The summed E-state index contributed by atoms with van der Waals surface area (Å²) in [6.07, 6.45) is 0. The third-order valence-electron chi connectivity index (χ3n) is 13.1. The van der Waals surface area contributed by atoms with E-state index < -0.39 is 0 Å². The fourth-order valence-electron chi connectivity index (χ4n) is 10.4. The van der Waals surface area contributed by atoms with Crippen molar-refractivity contribution in [3.63, 3.8) is 0 Å². The minimum absolute atomic E-state index is 0.571. The van der Waals surface area contributed by atoms with E-state index in [4.69, 9.17) is 15.0 Å². The molecule has 0 spiro atoms. The Morgan fingerprint density at radius 2 is 0.935 bits per heavy atom. The summed E-state index contributed by atoms with van der Waals surface area (Å²) in [5, 5.41) is 11.6. The van der Waals surface area contributed by atoms with Gasteiger partial charge in [0.15, 0.2) is 11.6 Å². The first kappa shape index (κ1) is 33.4. The second-order valence-electron chi connectivity index (χ2n) is 16.3. The fraction of sp³-hybridized carbons (Fsp3) is 0. The Morgan fingerprint density at radius 1 is 0.323 bits per heavy atom. The molecule has 0 N–H and O–H groups in total. The summed E-state index contributed by atoms with van der Waals surface area (Å²) in [5.74, 6) is 1.82. The van der Waals surface area contributed by atoms with Crippen molar-refractivity contribution in [2.24, 2.45) is 0 Å². The lowest BCUT2D eigenvalue weighted by Gasteiger charge is -2.14. The monoisotopic (exact) mass is 787 g/mol. The molecule has 0 fully saturated rings. The summed E-state index contributed by atoms with van der Waals surface area (Å²) in [4.78, 5) is 16.4. The zero-order valence-corrected chi connectivity index (χ0v) is 33.3. The lowest BCUT2D eigenvalue weighted by molar-refractivity contribution is 0.955. The Morgan fingerprint density at radius 3 is 1.77 bits per heavy atom. The third kappa shape index (κ3) is 4.59. The van der Waals surface area contributed by atoms with Crippen LogP contribution in [-0.2, 0) is 0 Å². The molecule has 4 heterocycles. The maximum absolute atomic E-state index is 5.54. The van der Waals surface area contributed by atoms with E-state index in [0.29, 0.717) is 17.6 Å². The van der Waals surface area contributed by atoms with Crippen LogP contribution in [0.3, 0.4) is 0 Å². The van der Waals surface area contributed by atoms with Gasteiger partial charge in [0.2, 0.25) is 5.95 Å². The van der Waals surface area contributed by atoms with Crippen LogP contribution in [0.25, 0.3) is 133 Å². The lowest BCUT2D eigenvalue weighted by atomic mass is 9.91. The predicted molar refractivity (Wildman–Crippen MR) is 256 cm³/mol. The standard InChI is InChI=1S/C57H33N5/c1-2-16-35-31-37(30-29-34(35)15-1)55-58-56(47-32-36-17-3-4-18-38(36)39-19-5-6-20-40(39)47)60-57(59-55)62-50-28-14-11-25-45(50)52-51(62)33-46-43-23-10-13-27-49(43)61-48-26-12-9-22-42(48)41-21-7-8-24-44(41)53(52)54(46)61/h1-33H. The van der Waals surface area contributed by atoms with Gasteiger partial charge in [0.1, 0.15) is 0 Å². The highest BCUT2D eigenvalue weighted by Crippen LogP contribution is 2.51. The first-order valence-electron chi connectivity index (χ1n) is 21.1. The lowest BCUT2D eigenvalue weighted by Crippen LogP contribution is -2.07. The average Bonchev–Trinajstić information content (AvgIpc) is 3.81. The van der Waals surface area contributed by atoms with Crippen LogP contribution in [0, 0.1) is 0 Å². The zero-order valence-electron chi connectivity index (χ0n) is 33.3. The van der Waals surface area contributed by atoms with Crippen LogP contribution in [-0.4, -0.2) is 24.1 Å². The summed E-state index contributed by atoms with van der Waals surface area (Å²) in [7, 11) is 0. The Balaban J connectivity index is 1.15. The van der Waals surface area contributed by atoms with Crippen LogP contribution >= 0.6 is 0 Å². The molecular formula is C57H33N5. The number of rotatable bonds is 3. The van der Waals surface area contributed by atoms with Gasteiger partial charge in [-0.15, -0.1) is 0 Å². The predicted octanol–water partition coefficient (Wildman–Crippen LogP) is 14.5. The van der Waals surface area contributed by atoms with Crippen LogP contribution in [0.5, 0.6) is 0 Å². The van der Waals surface area contributed by atoms with Crippen LogP contribution in [0.15, 0.2) is 200 Å². The van der Waals surface area contributed by atoms with Crippen LogP contribution in [0.4, 0.5) is 0 Å². The van der Waals surface area contributed by atoms with Gasteiger partial charge in [0, 0.05) is 43.8 Å². The summed E-state index contributed by atoms with van der Waals surface area (Å²) in [6.45, 7) is 0. The van der Waals surface area contributed by atoms with E-state index >= 15 is 0 Å². The number of para-hydroxylation sites is 3. The maximum atomic E-state index is 5.54. The molecule has 10 aromatic carbocycles. The molecule has 0 aliphatic carbocycles. The van der Waals surface area contributed by atoms with E-state index in [9.17, 15) is 0 Å². The highest BCUT2D eigenvalue weighted by molar-refractivity contribution is 6.28. The minimum atomic E-state index is 0.571. The molecule has 0 saturated heterocycles. The average molecular weight is 788 g/mol. The molecule has 1 aliphatic rings. The molecule has 62 heavy (non-hydrogen) atoms. The van der Waals surface area contributed by atoms with Crippen molar-refractivity contribution in [3.05, 3.63) is 200 Å². The largest absolute Gasteiger partial charge is 0.308 e. The second-order valence-corrected chi connectivity index (χ2v) is 16.3. The van der Waals surface area contributed by atoms with E-state index in [1.807, 2.05) is 0 Å². The maximum Gasteiger partial charge on any atom is 0.238 e. The van der Waals surface area contributed by atoms with Gasteiger partial charge in [0.05, 0.1) is 27.8 Å². The molecular weight excluding hydrogens is 755 g/mol. The topological polar surface area (TPSA) is 48.5 Å². The Hall–Kier alpha value is -8.41. The number of hydrogen-bond acceptors (Lipinski definition) is 3. The van der Waals surface area contributed by atoms with Gasteiger partial charge in [-0.1, -0.05) is 164 Å². The van der Waals surface area contributed by atoms with E-state index in [1.54, 1.807) is 0 Å². The molecule has 5 heteroatoms. The van der Waals surface area contributed by atoms with E-state index in [-0.39, 0.29) is 0 Å². The molecule has 3 aromatic heterocycles. The Kier molecular flexibility index (Phi) is 6.77. The van der Waals surface area contributed by atoms with Crippen molar-refractivity contribution in [1.29, 1.82) is 0 Å². The molecule has 286 valence electrons. The molecule has 5 nitrogen and oxygen atoms in total. The number of nitrogens with zero attached hydrogens (tertiary/aromatic N) is 5. The van der Waals surface area contributed by atoms with E-state index in [2.05, 4.69) is 209 Å². The van der Waals surface area contributed by atoms with Gasteiger partial charge in [0.25, 0.3) is 0 Å². The Bertz CT molecular complexity index is 4060. The highest BCUT2D eigenvalue weighted by Gasteiger charge is 2.29. The quantitative estimate of drug-likeness (QED) is 0.168. The molecule has 13 aromatic rings. The molecule has 0 saturated carbocycles. The summed E-state index contributed by atoms with van der Waals surface area (Å²) >= 11 is 0. The van der Waals surface area contributed by atoms with Gasteiger partial charge in [-0.3, -0.25) is 4.57 Å². The second kappa shape index (κ2) is 12.6. The van der Waals surface area contributed by atoms with Crippen molar-refractivity contribution in [1.82, 2.24) is 24.1 Å². The molecule has 0 unspecified atom stereocenters. The first-order chi connectivity index (χ1) is 30.8. The summed E-state index contributed by atoms with van der Waals surface area (Å²) in [6, 6.07) is 72.0. The molecule has 0 amide bonds. The highest BCUT2D eigenvalue weighted by atomic mass is 15.2. The number of hydrogen-bond donors (Lipinski definition) is 0. The summed E-state index contributed by atoms with van der Waals surface area (Å²) in [5.41, 5.74) is 12.4. The van der Waals surface area contributed by atoms with Crippen molar-refractivity contribution in [3.8, 4) is 56.7 Å². The minimum Gasteiger partial charge on any atom is -0.308 e. The Labute approximate surface area is 355 Å². The molecule has 14 rings (SSSR count). The van der Waals surface area contributed by atoms with Crippen molar-refractivity contribution in [2.75, 3.05) is 0 Å². The van der Waals surface area contributed by atoms with Crippen LogP contribution < -0.4 is 0 Å². The summed E-state index contributed by atoms with van der Waals surface area (Å²) < 4.78 is 4.77. The van der Waals surface area contributed by atoms with E-state index in [1.165, 1.54) is 71.3 Å². The smallest absolute Gasteiger partial charge is 0.238 e.